The van der Waals surface area contributed by atoms with Crippen LogP contribution in [-0.4, -0.2) is 16.9 Å². The van der Waals surface area contributed by atoms with Gasteiger partial charge < -0.3 is 10.2 Å². The highest BCUT2D eigenvalue weighted by molar-refractivity contribution is 5.74. The molecule has 1 aromatic heterocycles. The number of hydrogen-bond acceptors (Lipinski definition) is 3. The second-order valence-corrected chi connectivity index (χ2v) is 4.29. The van der Waals surface area contributed by atoms with Crippen LogP contribution in [0.2, 0.25) is 0 Å². The zero-order valence-corrected chi connectivity index (χ0v) is 10.4. The van der Waals surface area contributed by atoms with E-state index < -0.39 is 24.1 Å². The number of oxazole rings is 1. The highest BCUT2D eigenvalue weighted by atomic mass is 19.3. The van der Waals surface area contributed by atoms with Crippen LogP contribution in [0.3, 0.4) is 0 Å². The van der Waals surface area contributed by atoms with E-state index in [9.17, 15) is 22.4 Å². The predicted molar refractivity (Wildman–Crippen MR) is 64.0 cm³/mol. The maximum atomic E-state index is 13.2. The maximum Gasteiger partial charge on any atom is 0.419 e. The number of rotatable bonds is 4. The number of hydrogen-bond donors (Lipinski definition) is 1. The van der Waals surface area contributed by atoms with Crippen LogP contribution in [0.1, 0.15) is 18.5 Å². The minimum Gasteiger partial charge on any atom is -0.408 e. The van der Waals surface area contributed by atoms with Crippen molar-refractivity contribution in [2.24, 2.45) is 5.73 Å². The molecule has 1 aromatic carbocycles. The van der Waals surface area contributed by atoms with Gasteiger partial charge in [0.15, 0.2) is 5.58 Å². The van der Waals surface area contributed by atoms with Gasteiger partial charge in [-0.15, -0.1) is 0 Å². The van der Waals surface area contributed by atoms with Crippen LogP contribution >= 0.6 is 0 Å². The molecule has 8 heteroatoms. The number of nitrogens with zero attached hydrogens (tertiary/aromatic N) is 1. The zero-order chi connectivity index (χ0) is 15.1. The average Bonchev–Trinajstić information content (AvgIpc) is 2.71. The molecule has 0 bridgehead atoms. The van der Waals surface area contributed by atoms with E-state index in [0.717, 1.165) is 6.07 Å². The zero-order valence-electron chi connectivity index (χ0n) is 10.4. The Kier molecular flexibility index (Phi) is 3.59. The molecule has 0 aliphatic carbocycles. The first-order chi connectivity index (χ1) is 9.28. The number of aryl methyl sites for hydroxylation is 1. The predicted octanol–water partition coefficient (Wildman–Crippen LogP) is 2.51. The van der Waals surface area contributed by atoms with Gasteiger partial charge >= 0.3 is 18.1 Å². The van der Waals surface area contributed by atoms with Gasteiger partial charge in [0.1, 0.15) is 6.04 Å². The second-order valence-electron chi connectivity index (χ2n) is 4.29. The SMILES string of the molecule is CCn1c(=O)oc2cc(C(N)C(F)(F)C(F)F)ccc21. The Morgan fingerprint density at radius 1 is 1.40 bits per heavy atom. The standard InChI is InChI=1S/C12H12F4N2O2/c1-2-18-7-4-3-6(5-8(7)20-11(18)19)9(17)12(15,16)10(13)14/h3-5,9-10H,2,17H2,1H3. The van der Waals surface area contributed by atoms with Gasteiger partial charge in [-0.05, 0) is 24.6 Å². The van der Waals surface area contributed by atoms with Gasteiger partial charge in [-0.1, -0.05) is 6.07 Å². The lowest BCUT2D eigenvalue weighted by Gasteiger charge is -2.22. The van der Waals surface area contributed by atoms with Crippen molar-refractivity contribution in [3.05, 3.63) is 34.3 Å². The van der Waals surface area contributed by atoms with Crippen LogP contribution in [0.5, 0.6) is 0 Å². The first-order valence-electron chi connectivity index (χ1n) is 5.83. The normalized spacial score (nSPS) is 14.2. The first kappa shape index (κ1) is 14.6. The van der Waals surface area contributed by atoms with E-state index in [1.807, 2.05) is 0 Å². The van der Waals surface area contributed by atoms with Gasteiger partial charge in [-0.3, -0.25) is 4.57 Å². The summed E-state index contributed by atoms with van der Waals surface area (Å²) in [6.45, 7) is 2.05. The number of nitrogens with two attached hydrogens (primary N) is 1. The summed E-state index contributed by atoms with van der Waals surface area (Å²) in [5.41, 5.74) is 5.40. The summed E-state index contributed by atoms with van der Waals surface area (Å²) in [5, 5.41) is 0. The quantitative estimate of drug-likeness (QED) is 0.881. The van der Waals surface area contributed by atoms with Gasteiger partial charge in [0.2, 0.25) is 0 Å². The highest BCUT2D eigenvalue weighted by Gasteiger charge is 2.47. The lowest BCUT2D eigenvalue weighted by Crippen LogP contribution is -2.39. The van der Waals surface area contributed by atoms with Crippen LogP contribution in [0.4, 0.5) is 17.6 Å². The number of benzene rings is 1. The monoisotopic (exact) mass is 292 g/mol. The molecule has 2 N–H and O–H groups in total. The van der Waals surface area contributed by atoms with Gasteiger partial charge in [-0.25, -0.2) is 13.6 Å². The summed E-state index contributed by atoms with van der Waals surface area (Å²) in [4.78, 5) is 11.5. The maximum absolute atomic E-state index is 13.2. The molecule has 2 aromatic rings. The molecule has 0 radical (unpaired) electrons. The number of alkyl halides is 4. The minimum absolute atomic E-state index is 0.0369. The summed E-state index contributed by atoms with van der Waals surface area (Å²) in [7, 11) is 0. The molecule has 110 valence electrons. The van der Waals surface area contributed by atoms with E-state index in [1.54, 1.807) is 6.92 Å². The van der Waals surface area contributed by atoms with Crippen molar-refractivity contribution >= 4 is 11.1 Å². The van der Waals surface area contributed by atoms with Gasteiger partial charge in [0, 0.05) is 6.54 Å². The number of fused-ring (bicyclic) bond motifs is 1. The molecule has 0 saturated heterocycles. The molecule has 0 spiro atoms. The third-order valence-electron chi connectivity index (χ3n) is 3.07. The summed E-state index contributed by atoms with van der Waals surface area (Å²) in [5.74, 6) is -5.00. The van der Waals surface area contributed by atoms with Crippen molar-refractivity contribution in [1.29, 1.82) is 0 Å². The summed E-state index contributed by atoms with van der Waals surface area (Å²) >= 11 is 0. The van der Waals surface area contributed by atoms with Crippen LogP contribution in [0, 0.1) is 0 Å². The molecular weight excluding hydrogens is 280 g/mol. The first-order valence-corrected chi connectivity index (χ1v) is 5.83. The topological polar surface area (TPSA) is 61.2 Å². The Bertz CT molecular complexity index is 678. The van der Waals surface area contributed by atoms with E-state index in [4.69, 9.17) is 10.2 Å². The Hall–Kier alpha value is -1.83. The Morgan fingerprint density at radius 3 is 2.60 bits per heavy atom. The second kappa shape index (κ2) is 4.93. The largest absolute Gasteiger partial charge is 0.419 e. The fourth-order valence-electron chi connectivity index (χ4n) is 1.93. The summed E-state index contributed by atoms with van der Waals surface area (Å²) < 4.78 is 57.1. The van der Waals surface area contributed by atoms with Crippen LogP contribution in [0.25, 0.3) is 11.1 Å². The smallest absolute Gasteiger partial charge is 0.408 e. The van der Waals surface area contributed by atoms with Crippen LogP contribution in [-0.2, 0) is 6.54 Å². The molecule has 0 fully saturated rings. The molecule has 1 heterocycles. The van der Waals surface area contributed by atoms with Gasteiger partial charge in [-0.2, -0.15) is 8.78 Å². The van der Waals surface area contributed by atoms with E-state index >= 15 is 0 Å². The highest BCUT2D eigenvalue weighted by Crippen LogP contribution is 2.35. The van der Waals surface area contributed by atoms with Crippen molar-refractivity contribution in [2.75, 3.05) is 0 Å². The lowest BCUT2D eigenvalue weighted by molar-refractivity contribution is -0.144. The van der Waals surface area contributed by atoms with Gasteiger partial charge in [0.05, 0.1) is 5.52 Å². The van der Waals surface area contributed by atoms with Crippen molar-refractivity contribution in [2.45, 2.75) is 31.9 Å². The van der Waals surface area contributed by atoms with E-state index in [0.29, 0.717) is 12.1 Å². The lowest BCUT2D eigenvalue weighted by atomic mass is 10.0. The molecule has 4 nitrogen and oxygen atoms in total. The molecular formula is C12H12F4N2O2. The fraction of sp³-hybridized carbons (Fsp3) is 0.417. The molecule has 1 atom stereocenters. The Balaban J connectivity index is 2.50. The molecule has 1 unspecified atom stereocenters. The third kappa shape index (κ3) is 2.20. The molecule has 0 amide bonds. The van der Waals surface area contributed by atoms with Crippen LogP contribution in [0.15, 0.2) is 27.4 Å². The van der Waals surface area contributed by atoms with E-state index in [-0.39, 0.29) is 11.1 Å². The molecule has 20 heavy (non-hydrogen) atoms. The fourth-order valence-corrected chi connectivity index (χ4v) is 1.93. The third-order valence-corrected chi connectivity index (χ3v) is 3.07. The van der Waals surface area contributed by atoms with E-state index in [2.05, 4.69) is 0 Å². The van der Waals surface area contributed by atoms with Crippen molar-refractivity contribution in [3.63, 3.8) is 0 Å². The Labute approximate surface area is 110 Å². The average molecular weight is 292 g/mol. The summed E-state index contributed by atoms with van der Waals surface area (Å²) in [6.07, 6.45) is -3.87. The molecule has 0 aliphatic heterocycles. The minimum atomic E-state index is -4.36. The van der Waals surface area contributed by atoms with Crippen molar-refractivity contribution < 1.29 is 22.0 Å². The van der Waals surface area contributed by atoms with E-state index in [1.165, 1.54) is 16.7 Å². The van der Waals surface area contributed by atoms with Crippen molar-refractivity contribution in [1.82, 2.24) is 4.57 Å². The van der Waals surface area contributed by atoms with Crippen molar-refractivity contribution in [3.8, 4) is 0 Å². The van der Waals surface area contributed by atoms with Crippen LogP contribution < -0.4 is 11.5 Å². The molecule has 2 rings (SSSR count). The summed E-state index contributed by atoms with van der Waals surface area (Å²) in [6, 6.07) is 1.44. The molecule has 0 aliphatic rings. The number of halogens is 4. The van der Waals surface area contributed by atoms with Gasteiger partial charge in [0.25, 0.3) is 0 Å². The Morgan fingerprint density at radius 2 is 2.05 bits per heavy atom. The number of aromatic nitrogens is 1. The molecule has 0 saturated carbocycles.